The normalized spacial score (nSPS) is 42.3. The van der Waals surface area contributed by atoms with Crippen molar-refractivity contribution >= 4 is 96.3 Å². The van der Waals surface area contributed by atoms with Crippen molar-refractivity contribution in [2.45, 2.75) is 233 Å². The van der Waals surface area contributed by atoms with E-state index in [0.717, 1.165) is 0 Å². The van der Waals surface area contributed by atoms with Gasteiger partial charge in [-0.1, -0.05) is 0 Å². The molecule has 29 N–H and O–H groups in total. The molecule has 0 bridgehead atoms. The molecule has 7 saturated heterocycles. The second-order valence-corrected chi connectivity index (χ2v) is 34.0. The molecule has 72 heteroatoms. The molecule has 0 radical (unpaired) electrons. The van der Waals surface area contributed by atoms with Crippen LogP contribution in [-0.2, 0) is 175 Å². The summed E-state index contributed by atoms with van der Waals surface area (Å²) in [7, 11) is -41.6. The van der Waals surface area contributed by atoms with Crippen molar-refractivity contribution in [2.24, 2.45) is 0 Å². The number of aliphatic carboxylic acids is 4. The maximum atomic E-state index is 13.2. The first-order chi connectivity index (χ1) is 55.1. The van der Waals surface area contributed by atoms with Gasteiger partial charge in [-0.05, 0) is 6.08 Å². The van der Waals surface area contributed by atoms with Crippen LogP contribution in [0.1, 0.15) is 0 Å². The number of ether oxygens (including phenoxy) is 15. The lowest BCUT2D eigenvalue weighted by atomic mass is 9.94. The van der Waals surface area contributed by atoms with Gasteiger partial charge in [-0.15, -0.1) is 0 Å². The average molecular weight is 1910 g/mol. The Balaban J connectivity index is 1.06. The van der Waals surface area contributed by atoms with Gasteiger partial charge >= 0.3 is 96.3 Å². The van der Waals surface area contributed by atoms with Crippen LogP contribution in [0.25, 0.3) is 0 Å². The van der Waals surface area contributed by atoms with Crippen LogP contribution in [0.15, 0.2) is 11.8 Å². The number of hydrogen-bond donors (Lipinski definition) is 29. The molecule has 0 spiro atoms. The van der Waals surface area contributed by atoms with E-state index in [1.807, 2.05) is 0 Å². The molecule has 0 aromatic rings. The molecule has 0 amide bonds. The van der Waals surface area contributed by atoms with Gasteiger partial charge in [0.25, 0.3) is 0 Å². The third-order valence-electron chi connectivity index (χ3n) is 18.0. The zero-order chi connectivity index (χ0) is 90.4. The summed E-state index contributed by atoms with van der Waals surface area (Å²) in [5, 5.41) is 196. The van der Waals surface area contributed by atoms with Crippen molar-refractivity contribution in [3.63, 3.8) is 0 Å². The molecular weight excluding hydrogens is 1830 g/mol. The Morgan fingerprint density at radius 2 is 0.550 bits per heavy atom. The van der Waals surface area contributed by atoms with Crippen LogP contribution in [-0.4, -0.2) is 466 Å². The van der Waals surface area contributed by atoms with Crippen molar-refractivity contribution in [2.75, 3.05) is 26.4 Å². The maximum absolute atomic E-state index is 13.2. The summed E-state index contributed by atoms with van der Waals surface area (Å²) in [5.41, 5.74) is 0. The minimum absolute atomic E-state index is 0.461. The fraction of sp³-hybridized carbons (Fsp3) is 0.875. The van der Waals surface area contributed by atoms with E-state index in [1.54, 1.807) is 0 Å². The predicted octanol–water partition coefficient (Wildman–Crippen LogP) is -19.8. The fourth-order valence-electron chi connectivity index (χ4n) is 13.0. The monoisotopic (exact) mass is 1910 g/mol. The zero-order valence-electron chi connectivity index (χ0n) is 58.6. The number of aliphatic hydroxyl groups excluding tert-OH is 14. The standard InChI is InChI=1S/C48H76N4O61S7/c53-2-8-24(17(59)12(41(74)96-8)49-114(75,76)77)102-46-31(111-118(87,88)89)21(63)28(34(108-46)38(68)69)106-43-14(51-116(81,82)83)19(61)26(10(4-55)99-43)104-48-33(113-120(93,94)95)23(65)30(36(110-48)40(72)73)107-44-15(52-117(84,85)86)20(62)27(11(5-56)100-44)103-47-32(112-119(90,91)92)22(64)29(35(109-47)39(70)71)105-42-13(50-115(78,79)80)18(60)25(9(3-54)98-42)101-45-16(58)6(57)1-7(97-45)37(66)67/h1,6,8-36,41-65,74H,2-5H2,(H,66,67)(H,68,69)(H,70,71)(H,72,73)(H,75,76,77)(H,78,79,80)(H,81,82,83)(H,84,85,86)(H,87,88,89)(H,90,91,92)(H,93,94,95)/t6-,8+,9+,10+,11+,12+,13+,14+,15+,16+,17+,18+,19+,20+,21-,22-,23-,24+,25+,26+,27+,28-,29-,30-,31+,32+,33+,34?,35?,36?,41-,42+,43+,44+,45-,46?,47?,48?/m0/s1. The van der Waals surface area contributed by atoms with Crippen molar-refractivity contribution in [3.8, 4) is 0 Å². The molecule has 6 unspecified atom stereocenters. The highest BCUT2D eigenvalue weighted by Crippen LogP contribution is 2.41. The van der Waals surface area contributed by atoms with Gasteiger partial charge < -0.3 is 163 Å². The van der Waals surface area contributed by atoms with Gasteiger partial charge in [-0.2, -0.15) is 77.8 Å². The molecule has 8 heterocycles. The van der Waals surface area contributed by atoms with E-state index in [-0.39, 0.29) is 0 Å². The highest BCUT2D eigenvalue weighted by Gasteiger charge is 2.64. The summed E-state index contributed by atoms with van der Waals surface area (Å²) in [6.45, 7) is -6.29. The Bertz CT molecular complexity index is 4460. The number of nitrogens with one attached hydrogen (secondary N) is 4. The summed E-state index contributed by atoms with van der Waals surface area (Å²) in [5.74, 6) is -10.3. The van der Waals surface area contributed by atoms with Gasteiger partial charge in [0.15, 0.2) is 80.7 Å². The van der Waals surface area contributed by atoms with Gasteiger partial charge in [0.05, 0.1) is 26.4 Å². The van der Waals surface area contributed by atoms with Crippen LogP contribution in [0, 0.1) is 0 Å². The van der Waals surface area contributed by atoms with E-state index in [9.17, 15) is 202 Å². The number of hydrogen-bond acceptors (Lipinski definition) is 50. The molecule has 0 saturated carbocycles. The van der Waals surface area contributed by atoms with Crippen molar-refractivity contribution in [1.29, 1.82) is 0 Å². The highest BCUT2D eigenvalue weighted by atomic mass is 32.3. The van der Waals surface area contributed by atoms with Gasteiger partial charge in [-0.25, -0.2) is 31.7 Å². The van der Waals surface area contributed by atoms with Gasteiger partial charge in [0, 0.05) is 0 Å². The van der Waals surface area contributed by atoms with E-state index in [1.165, 1.54) is 18.9 Å². The molecule has 8 rings (SSSR count). The molecule has 8 aliphatic heterocycles. The third kappa shape index (κ3) is 25.2. The quantitative estimate of drug-likeness (QED) is 0.0259. The van der Waals surface area contributed by atoms with E-state index < -0.39 is 362 Å². The van der Waals surface area contributed by atoms with E-state index in [2.05, 4.69) is 12.5 Å². The highest BCUT2D eigenvalue weighted by molar-refractivity contribution is 7.84. The molecule has 120 heavy (non-hydrogen) atoms. The van der Waals surface area contributed by atoms with Crippen LogP contribution in [0.2, 0.25) is 0 Å². The largest absolute Gasteiger partial charge is 0.479 e. The molecule has 65 nitrogen and oxygen atoms in total. The molecule has 0 aromatic heterocycles. The lowest BCUT2D eigenvalue weighted by Gasteiger charge is -2.50. The molecule has 7 fully saturated rings. The number of carboxylic acid groups (broad SMARTS) is 4. The second kappa shape index (κ2) is 39.3. The summed E-state index contributed by atoms with van der Waals surface area (Å²) < 4.78 is 341. The molecular formula is C48H76N4O61S7. The summed E-state index contributed by atoms with van der Waals surface area (Å²) in [6.07, 6.45) is -95.7. The second-order valence-electron chi connectivity index (χ2n) is 26.1. The first kappa shape index (κ1) is 101. The number of carboxylic acids is 4. The zero-order valence-corrected chi connectivity index (χ0v) is 64.3. The minimum atomic E-state index is -6.25. The molecule has 0 aliphatic carbocycles. The van der Waals surface area contributed by atoms with Crippen molar-refractivity contribution < 1.29 is 285 Å². The summed E-state index contributed by atoms with van der Waals surface area (Å²) >= 11 is 0. The van der Waals surface area contributed by atoms with Gasteiger partial charge in [-0.3, -0.25) is 31.9 Å². The summed E-state index contributed by atoms with van der Waals surface area (Å²) in [6, 6.07) is -11.1. The molecule has 38 atom stereocenters. The first-order valence-electron chi connectivity index (χ1n) is 32.8. The van der Waals surface area contributed by atoms with Gasteiger partial charge in [0.1, 0.15) is 146 Å². The van der Waals surface area contributed by atoms with E-state index in [0.29, 0.717) is 6.08 Å². The maximum Gasteiger partial charge on any atom is 0.397 e. The average Bonchev–Trinajstić information content (AvgIpc) is 0.760. The predicted molar refractivity (Wildman–Crippen MR) is 346 cm³/mol. The van der Waals surface area contributed by atoms with Crippen molar-refractivity contribution in [3.05, 3.63) is 11.8 Å². The topological polar surface area (TPSA) is 1030 Å². The van der Waals surface area contributed by atoms with Crippen LogP contribution >= 0.6 is 0 Å². The Hall–Kier alpha value is -4.61. The lowest BCUT2D eigenvalue weighted by molar-refractivity contribution is -0.378. The van der Waals surface area contributed by atoms with Crippen LogP contribution < -0.4 is 18.9 Å². The Labute approximate surface area is 669 Å². The first-order valence-corrected chi connectivity index (χ1v) is 42.6. The Morgan fingerprint density at radius 1 is 0.308 bits per heavy atom. The molecule has 0 aromatic carbocycles. The Kier molecular flexibility index (Phi) is 33.0. The molecule has 696 valence electrons. The third-order valence-corrected chi connectivity index (χ3v) is 21.7. The lowest BCUT2D eigenvalue weighted by Crippen LogP contribution is -2.71. The van der Waals surface area contributed by atoms with E-state index in [4.69, 9.17) is 71.1 Å². The molecule has 8 aliphatic rings. The minimum Gasteiger partial charge on any atom is -0.479 e. The fourth-order valence-corrected chi connectivity index (χ4v) is 16.9. The smallest absolute Gasteiger partial charge is 0.397 e. The van der Waals surface area contributed by atoms with Crippen LogP contribution in [0.3, 0.4) is 0 Å². The number of rotatable bonds is 36. The summed E-state index contributed by atoms with van der Waals surface area (Å²) in [4.78, 5) is 50.9. The number of aliphatic hydroxyl groups is 14. The Morgan fingerprint density at radius 3 is 0.792 bits per heavy atom. The number of carbonyl (C=O) groups is 4. The van der Waals surface area contributed by atoms with E-state index >= 15 is 0 Å². The van der Waals surface area contributed by atoms with Crippen LogP contribution in [0.5, 0.6) is 0 Å². The van der Waals surface area contributed by atoms with Crippen molar-refractivity contribution in [1.82, 2.24) is 18.9 Å². The van der Waals surface area contributed by atoms with Crippen LogP contribution in [0.4, 0.5) is 0 Å². The SMILES string of the molecule is O=C(O)C1=C[C@H](O)[C@@H](O)[C@H](O[C@H]2[C@H](O)[C@@H](NS(=O)(=O)O)[C@@H](O[C@@H]3C(C(=O)O)OC(O[C@H]4[C@H](O)[C@@H](NS(=O)(=O)O)[C@@H](O[C@@H]5C(C(=O)O)OC(O[C@H]6[C@H](O)[C@@H](NS(=O)(=O)O)[C@@H](O[C@@H]7C(C(=O)O)OC(O[C@H]8[C@H](O)[C@@H](NS(=O)(=O)O)[C@@H](O)O[C@@H]8CO)[C@H](OS(=O)(=O)O)[C@H]7O)O[C@@H]6CO)[C@H](OS(=O)(=O)O)[C@H]5O)O[C@@H]4CO)[C@H](OS(=O)(=O)O)[C@H]3O)O[C@@H]2CO)O1. The van der Waals surface area contributed by atoms with Gasteiger partial charge in [0.2, 0.25) is 12.0 Å².